The molecule has 0 saturated carbocycles. The molecule has 0 unspecified atom stereocenters. The highest BCUT2D eigenvalue weighted by Gasteiger charge is 2.09. The third kappa shape index (κ3) is 2.87. The van der Waals surface area contributed by atoms with E-state index >= 15 is 0 Å². The van der Waals surface area contributed by atoms with Crippen molar-refractivity contribution in [2.24, 2.45) is 0 Å². The van der Waals surface area contributed by atoms with Gasteiger partial charge in [0.15, 0.2) is 0 Å². The van der Waals surface area contributed by atoms with E-state index in [-0.39, 0.29) is 0 Å². The van der Waals surface area contributed by atoms with Gasteiger partial charge in [-0.05, 0) is 33.6 Å². The summed E-state index contributed by atoms with van der Waals surface area (Å²) in [6, 6.07) is 13.4. The minimum absolute atomic E-state index is 0.476. The van der Waals surface area contributed by atoms with Crippen molar-refractivity contribution >= 4 is 27.5 Å². The lowest BCUT2D eigenvalue weighted by atomic mass is 10.2. The third-order valence-corrected chi connectivity index (χ3v) is 3.81. The molecule has 0 N–H and O–H groups in total. The number of benzene rings is 2. The molecule has 0 aromatic heterocycles. The van der Waals surface area contributed by atoms with Crippen LogP contribution in [0.4, 0.5) is 0 Å². The van der Waals surface area contributed by atoms with Gasteiger partial charge in [0.2, 0.25) is 0 Å². The Bertz CT molecular complexity index is 587. The van der Waals surface area contributed by atoms with Gasteiger partial charge >= 0.3 is 0 Å². The first-order chi connectivity index (χ1) is 8.72. The van der Waals surface area contributed by atoms with Crippen LogP contribution < -0.4 is 4.74 Å². The summed E-state index contributed by atoms with van der Waals surface area (Å²) in [5.74, 6) is 3.24. The number of terminal acetylenes is 1. The molecule has 0 aliphatic heterocycles. The molecule has 0 aliphatic carbocycles. The molecule has 2 aromatic rings. The van der Waals surface area contributed by atoms with Crippen LogP contribution in [-0.4, -0.2) is 0 Å². The fourth-order valence-electron chi connectivity index (χ4n) is 1.52. The molecule has 0 saturated heterocycles. The third-order valence-electron chi connectivity index (χ3n) is 2.44. The average Bonchev–Trinajstić information content (AvgIpc) is 2.41. The maximum Gasteiger partial charge on any atom is 0.136 e. The smallest absolute Gasteiger partial charge is 0.136 e. The van der Waals surface area contributed by atoms with E-state index in [0.717, 1.165) is 5.56 Å². The number of halogens is 2. The van der Waals surface area contributed by atoms with Crippen molar-refractivity contribution in [3.8, 4) is 18.1 Å². The van der Waals surface area contributed by atoms with Crippen LogP contribution in [0.2, 0.25) is 5.02 Å². The normalized spacial score (nSPS) is 9.83. The maximum atomic E-state index is 5.98. The Morgan fingerprint density at radius 1 is 1.17 bits per heavy atom. The van der Waals surface area contributed by atoms with E-state index in [1.807, 2.05) is 30.3 Å². The standard InChI is InChI=1S/C15H10BrClO/c1-2-12-14(9-8-13(17)15(12)16)18-10-11-6-4-3-5-7-11/h1,3-9H,10H2. The minimum atomic E-state index is 0.476. The first-order valence-corrected chi connectivity index (χ1v) is 6.51. The van der Waals surface area contributed by atoms with Crippen LogP contribution >= 0.6 is 27.5 Å². The lowest BCUT2D eigenvalue weighted by molar-refractivity contribution is 0.305. The van der Waals surface area contributed by atoms with Gasteiger partial charge < -0.3 is 4.74 Å². The molecule has 0 aliphatic rings. The van der Waals surface area contributed by atoms with Crippen molar-refractivity contribution < 1.29 is 4.74 Å². The van der Waals surface area contributed by atoms with Gasteiger partial charge in [-0.25, -0.2) is 0 Å². The van der Waals surface area contributed by atoms with Gasteiger partial charge in [0.1, 0.15) is 12.4 Å². The molecule has 0 amide bonds. The highest BCUT2D eigenvalue weighted by atomic mass is 79.9. The Balaban J connectivity index is 2.21. The second-order valence-corrected chi connectivity index (χ2v) is 4.85. The molecule has 0 bridgehead atoms. The summed E-state index contributed by atoms with van der Waals surface area (Å²) < 4.78 is 6.41. The van der Waals surface area contributed by atoms with Gasteiger partial charge in [-0.2, -0.15) is 0 Å². The van der Waals surface area contributed by atoms with E-state index in [1.165, 1.54) is 0 Å². The Kier molecular flexibility index (Phi) is 4.30. The van der Waals surface area contributed by atoms with E-state index < -0.39 is 0 Å². The highest BCUT2D eigenvalue weighted by Crippen LogP contribution is 2.32. The zero-order valence-corrected chi connectivity index (χ0v) is 11.8. The summed E-state index contributed by atoms with van der Waals surface area (Å²) >= 11 is 9.35. The van der Waals surface area contributed by atoms with Crippen LogP contribution in [0.5, 0.6) is 5.75 Å². The molecule has 1 nitrogen and oxygen atoms in total. The molecular weight excluding hydrogens is 312 g/mol. The minimum Gasteiger partial charge on any atom is -0.488 e. The maximum absolute atomic E-state index is 5.98. The first-order valence-electron chi connectivity index (χ1n) is 5.33. The van der Waals surface area contributed by atoms with Crippen molar-refractivity contribution in [3.63, 3.8) is 0 Å². The molecule has 0 heterocycles. The Morgan fingerprint density at radius 2 is 1.89 bits per heavy atom. The quantitative estimate of drug-likeness (QED) is 0.747. The first kappa shape index (κ1) is 13.0. The van der Waals surface area contributed by atoms with Crippen molar-refractivity contribution in [1.29, 1.82) is 0 Å². The van der Waals surface area contributed by atoms with E-state index in [2.05, 4.69) is 21.9 Å². The van der Waals surface area contributed by atoms with E-state index in [4.69, 9.17) is 22.8 Å². The van der Waals surface area contributed by atoms with Crippen LogP contribution in [0.25, 0.3) is 0 Å². The molecule has 0 spiro atoms. The van der Waals surface area contributed by atoms with Crippen molar-refractivity contribution in [2.45, 2.75) is 6.61 Å². The monoisotopic (exact) mass is 320 g/mol. The number of hydrogen-bond acceptors (Lipinski definition) is 1. The van der Waals surface area contributed by atoms with Crippen LogP contribution in [0.15, 0.2) is 46.9 Å². The van der Waals surface area contributed by atoms with Gasteiger partial charge in [-0.1, -0.05) is 47.9 Å². The molecule has 3 heteroatoms. The second-order valence-electron chi connectivity index (χ2n) is 3.65. The fraction of sp³-hybridized carbons (Fsp3) is 0.0667. The topological polar surface area (TPSA) is 9.23 Å². The number of rotatable bonds is 3. The Morgan fingerprint density at radius 3 is 2.56 bits per heavy atom. The zero-order chi connectivity index (χ0) is 13.0. The van der Waals surface area contributed by atoms with Gasteiger partial charge in [0, 0.05) is 0 Å². The van der Waals surface area contributed by atoms with Crippen molar-refractivity contribution in [3.05, 3.63) is 63.1 Å². The van der Waals surface area contributed by atoms with Crippen LogP contribution in [0.3, 0.4) is 0 Å². The molecule has 2 aromatic carbocycles. The van der Waals surface area contributed by atoms with Crippen molar-refractivity contribution in [2.75, 3.05) is 0 Å². The van der Waals surface area contributed by atoms with Crippen LogP contribution in [0, 0.1) is 12.3 Å². The number of ether oxygens (including phenoxy) is 1. The van der Waals surface area contributed by atoms with Gasteiger partial charge in [-0.3, -0.25) is 0 Å². The van der Waals surface area contributed by atoms with Gasteiger partial charge in [-0.15, -0.1) is 6.42 Å². The summed E-state index contributed by atoms with van der Waals surface area (Å²) in [7, 11) is 0. The van der Waals surface area contributed by atoms with E-state index in [9.17, 15) is 0 Å². The molecule has 0 radical (unpaired) electrons. The highest BCUT2D eigenvalue weighted by molar-refractivity contribution is 9.10. The summed E-state index contributed by atoms with van der Waals surface area (Å²) in [6.45, 7) is 0.476. The summed E-state index contributed by atoms with van der Waals surface area (Å²) in [5.41, 5.74) is 1.73. The van der Waals surface area contributed by atoms with Gasteiger partial charge in [0.25, 0.3) is 0 Å². The Hall–Kier alpha value is -1.43. The molecule has 90 valence electrons. The summed E-state index contributed by atoms with van der Waals surface area (Å²) in [5, 5.41) is 0.579. The predicted molar refractivity (Wildman–Crippen MR) is 77.9 cm³/mol. The molecule has 0 fully saturated rings. The Labute approximate surface area is 120 Å². The predicted octanol–water partition coefficient (Wildman–Crippen LogP) is 4.66. The summed E-state index contributed by atoms with van der Waals surface area (Å²) in [6.07, 6.45) is 5.47. The summed E-state index contributed by atoms with van der Waals surface area (Å²) in [4.78, 5) is 0. The number of hydrogen-bond donors (Lipinski definition) is 0. The van der Waals surface area contributed by atoms with Gasteiger partial charge in [0.05, 0.1) is 15.1 Å². The van der Waals surface area contributed by atoms with Crippen LogP contribution in [0.1, 0.15) is 11.1 Å². The lowest BCUT2D eigenvalue weighted by Gasteiger charge is -2.10. The van der Waals surface area contributed by atoms with E-state index in [0.29, 0.717) is 27.4 Å². The fourth-order valence-corrected chi connectivity index (χ4v) is 2.12. The SMILES string of the molecule is C#Cc1c(OCc2ccccc2)ccc(Cl)c1Br. The largest absolute Gasteiger partial charge is 0.488 e. The average molecular weight is 322 g/mol. The van der Waals surface area contributed by atoms with Crippen molar-refractivity contribution in [1.82, 2.24) is 0 Å². The van der Waals surface area contributed by atoms with Crippen LogP contribution in [-0.2, 0) is 6.61 Å². The van der Waals surface area contributed by atoms with E-state index in [1.54, 1.807) is 12.1 Å². The molecular formula is C15H10BrClO. The molecule has 2 rings (SSSR count). The zero-order valence-electron chi connectivity index (χ0n) is 9.49. The lowest BCUT2D eigenvalue weighted by Crippen LogP contribution is -1.97. The molecule has 18 heavy (non-hydrogen) atoms. The second kappa shape index (κ2) is 5.95. The molecule has 0 atom stereocenters.